The number of hydrogen-bond acceptors (Lipinski definition) is 4. The van der Waals surface area contributed by atoms with Gasteiger partial charge < -0.3 is 29.1 Å². The Kier molecular flexibility index (Phi) is 9.44. The van der Waals surface area contributed by atoms with Crippen molar-refractivity contribution in [3.8, 4) is 11.5 Å². The van der Waals surface area contributed by atoms with E-state index in [2.05, 4.69) is 4.99 Å². The zero-order chi connectivity index (χ0) is 17.2. The Morgan fingerprint density at radius 1 is 1.18 bits per heavy atom. The molecule has 22 heavy (non-hydrogen) atoms. The molecule has 1 rings (SSSR count). The summed E-state index contributed by atoms with van der Waals surface area (Å²) in [5.41, 5.74) is 1.19. The van der Waals surface area contributed by atoms with Crippen molar-refractivity contribution in [3.63, 3.8) is 0 Å². The number of benzene rings is 1. The molecule has 9 heteroatoms. The molecule has 1 aromatic rings. The van der Waals surface area contributed by atoms with Gasteiger partial charge in [0.15, 0.2) is 11.5 Å². The predicted molar refractivity (Wildman–Crippen MR) is 84.6 cm³/mol. The molecule has 126 valence electrons. The van der Waals surface area contributed by atoms with E-state index in [1.807, 2.05) is 43.5 Å². The number of methoxy groups -OCH3 is 2. The monoisotopic (exact) mass is 334 g/mol. The number of rotatable bonds is 6. The van der Waals surface area contributed by atoms with Gasteiger partial charge >= 0.3 is 7.82 Å². The topological polar surface area (TPSA) is 112 Å². The summed E-state index contributed by atoms with van der Waals surface area (Å²) in [7, 11) is 2.56. The lowest BCUT2D eigenvalue weighted by atomic mass is 10.1. The Morgan fingerprint density at radius 2 is 1.73 bits per heavy atom. The van der Waals surface area contributed by atoms with E-state index in [-0.39, 0.29) is 0 Å². The second-order valence-corrected chi connectivity index (χ2v) is 5.46. The first kappa shape index (κ1) is 20.4. The molecule has 0 saturated heterocycles. The molecule has 0 bridgehead atoms. The van der Waals surface area contributed by atoms with Crippen molar-refractivity contribution in [3.05, 3.63) is 23.8 Å². The number of hydrogen-bond donors (Lipinski definition) is 3. The maximum atomic E-state index is 8.88. The maximum absolute atomic E-state index is 8.88. The molecule has 0 heterocycles. The Bertz CT molecular complexity index is 507. The third kappa shape index (κ3) is 11.1. The van der Waals surface area contributed by atoms with Crippen molar-refractivity contribution in [2.24, 2.45) is 4.99 Å². The number of aliphatic imine (C=N–C) groups is 1. The first-order chi connectivity index (χ1) is 10.2. The highest BCUT2D eigenvalue weighted by atomic mass is 31.2. The average Bonchev–Trinajstić information content (AvgIpc) is 2.41. The highest BCUT2D eigenvalue weighted by Gasteiger charge is 2.03. The molecule has 0 fully saturated rings. The average molecular weight is 334 g/mol. The number of nitrogens with zero attached hydrogens (tertiary/aromatic N) is 2. The van der Waals surface area contributed by atoms with Gasteiger partial charge in [0.25, 0.3) is 0 Å². The smallest absolute Gasteiger partial charge is 0.466 e. The summed E-state index contributed by atoms with van der Waals surface area (Å²) in [5.74, 6) is 1.52. The summed E-state index contributed by atoms with van der Waals surface area (Å²) >= 11 is 0. The molecule has 0 aromatic heterocycles. The first-order valence-electron chi connectivity index (χ1n) is 6.33. The molecule has 0 aliphatic rings. The fourth-order valence-electron chi connectivity index (χ4n) is 1.45. The SMILES string of the molecule is COc1ccc(CCN=CN(C)C)cc1OC.O=P(O)(O)O. The van der Waals surface area contributed by atoms with E-state index in [4.69, 9.17) is 28.7 Å². The molecule has 3 N–H and O–H groups in total. The molecule has 8 nitrogen and oxygen atoms in total. The van der Waals surface area contributed by atoms with Crippen LogP contribution in [0.1, 0.15) is 5.56 Å². The van der Waals surface area contributed by atoms with Crippen LogP contribution in [0.5, 0.6) is 11.5 Å². The minimum Gasteiger partial charge on any atom is -0.493 e. The van der Waals surface area contributed by atoms with Gasteiger partial charge in [-0.3, -0.25) is 4.99 Å². The van der Waals surface area contributed by atoms with Crippen LogP contribution in [-0.4, -0.2) is 60.8 Å². The number of phosphoric acid groups is 1. The number of ether oxygens (including phenoxy) is 2. The van der Waals surface area contributed by atoms with E-state index < -0.39 is 7.82 Å². The summed E-state index contributed by atoms with van der Waals surface area (Å²) in [4.78, 5) is 27.8. The van der Waals surface area contributed by atoms with Crippen LogP contribution in [0.2, 0.25) is 0 Å². The summed E-state index contributed by atoms with van der Waals surface area (Å²) in [5, 5.41) is 0. The Hall–Kier alpha value is -1.60. The van der Waals surface area contributed by atoms with Crippen molar-refractivity contribution in [2.75, 3.05) is 34.9 Å². The van der Waals surface area contributed by atoms with Crippen LogP contribution in [0.25, 0.3) is 0 Å². The normalized spacial score (nSPS) is 10.9. The van der Waals surface area contributed by atoms with E-state index in [0.717, 1.165) is 24.5 Å². The van der Waals surface area contributed by atoms with Crippen LogP contribution in [0, 0.1) is 0 Å². The summed E-state index contributed by atoms with van der Waals surface area (Å²) in [6.07, 6.45) is 2.71. The molecule has 0 aliphatic heterocycles. The third-order valence-corrected chi connectivity index (χ3v) is 2.29. The largest absolute Gasteiger partial charge is 0.493 e. The van der Waals surface area contributed by atoms with Gasteiger partial charge in [0.2, 0.25) is 0 Å². The van der Waals surface area contributed by atoms with Gasteiger partial charge in [0.05, 0.1) is 20.6 Å². The molecule has 0 unspecified atom stereocenters. The van der Waals surface area contributed by atoms with Gasteiger partial charge in [-0.1, -0.05) is 6.07 Å². The first-order valence-corrected chi connectivity index (χ1v) is 7.89. The quantitative estimate of drug-likeness (QED) is 0.403. The van der Waals surface area contributed by atoms with Crippen molar-refractivity contribution in [2.45, 2.75) is 6.42 Å². The van der Waals surface area contributed by atoms with E-state index in [1.165, 1.54) is 5.56 Å². The van der Waals surface area contributed by atoms with Crippen LogP contribution < -0.4 is 9.47 Å². The fourth-order valence-corrected chi connectivity index (χ4v) is 1.45. The van der Waals surface area contributed by atoms with Crippen molar-refractivity contribution >= 4 is 14.2 Å². The summed E-state index contributed by atoms with van der Waals surface area (Å²) in [6, 6.07) is 5.94. The third-order valence-electron chi connectivity index (χ3n) is 2.29. The predicted octanol–water partition coefficient (Wildman–Crippen LogP) is 0.908. The minimum absolute atomic E-state index is 0.757. The van der Waals surface area contributed by atoms with Gasteiger partial charge in [-0.25, -0.2) is 4.57 Å². The van der Waals surface area contributed by atoms with Gasteiger partial charge in [-0.15, -0.1) is 0 Å². The summed E-state index contributed by atoms with van der Waals surface area (Å²) in [6.45, 7) is 0.771. The minimum atomic E-state index is -4.64. The van der Waals surface area contributed by atoms with Crippen molar-refractivity contribution < 1.29 is 28.7 Å². The van der Waals surface area contributed by atoms with Crippen LogP contribution in [0.3, 0.4) is 0 Å². The van der Waals surface area contributed by atoms with Crippen molar-refractivity contribution in [1.29, 1.82) is 0 Å². The Morgan fingerprint density at radius 3 is 2.18 bits per heavy atom. The fraction of sp³-hybridized carbons (Fsp3) is 0.462. The van der Waals surface area contributed by atoms with Gasteiger partial charge in [0.1, 0.15) is 0 Å². The van der Waals surface area contributed by atoms with Crippen LogP contribution in [-0.2, 0) is 11.0 Å². The molecular weight excluding hydrogens is 311 g/mol. The lowest BCUT2D eigenvalue weighted by Gasteiger charge is -2.09. The highest BCUT2D eigenvalue weighted by molar-refractivity contribution is 7.45. The second kappa shape index (κ2) is 10.2. The molecule has 0 spiro atoms. The van der Waals surface area contributed by atoms with E-state index in [9.17, 15) is 0 Å². The van der Waals surface area contributed by atoms with Gasteiger partial charge in [0, 0.05) is 20.6 Å². The lowest BCUT2D eigenvalue weighted by Crippen LogP contribution is -2.08. The maximum Gasteiger partial charge on any atom is 0.466 e. The standard InChI is InChI=1S/C13H20N2O2.H3O4P/c1-15(2)10-14-8-7-11-5-6-12(16-3)13(9-11)17-4;1-5(2,3)4/h5-6,9-10H,7-8H2,1-4H3;(H3,1,2,3,4). The molecular formula is C13H23N2O6P. The van der Waals surface area contributed by atoms with Crippen LogP contribution >= 0.6 is 7.82 Å². The highest BCUT2D eigenvalue weighted by Crippen LogP contribution is 2.27. The molecule has 0 saturated carbocycles. The Balaban J connectivity index is 0.000000763. The van der Waals surface area contributed by atoms with Gasteiger partial charge in [-0.05, 0) is 24.1 Å². The van der Waals surface area contributed by atoms with Gasteiger partial charge in [-0.2, -0.15) is 0 Å². The van der Waals surface area contributed by atoms with Crippen LogP contribution in [0.4, 0.5) is 0 Å². The Labute approximate surface area is 130 Å². The summed E-state index contributed by atoms with van der Waals surface area (Å²) < 4.78 is 19.3. The molecule has 0 radical (unpaired) electrons. The molecule has 0 aliphatic carbocycles. The zero-order valence-corrected chi connectivity index (χ0v) is 14.0. The van der Waals surface area contributed by atoms with E-state index in [1.54, 1.807) is 14.2 Å². The molecule has 0 atom stereocenters. The second-order valence-electron chi connectivity index (χ2n) is 4.44. The zero-order valence-electron chi connectivity index (χ0n) is 13.1. The van der Waals surface area contributed by atoms with E-state index >= 15 is 0 Å². The molecule has 0 amide bonds. The molecule has 1 aromatic carbocycles. The van der Waals surface area contributed by atoms with Crippen LogP contribution in [0.15, 0.2) is 23.2 Å². The van der Waals surface area contributed by atoms with E-state index in [0.29, 0.717) is 0 Å². The van der Waals surface area contributed by atoms with Crippen molar-refractivity contribution in [1.82, 2.24) is 4.90 Å². The lowest BCUT2D eigenvalue weighted by molar-refractivity contribution is 0.275.